The first-order valence-corrected chi connectivity index (χ1v) is 8.02. The van der Waals surface area contributed by atoms with E-state index in [1.807, 2.05) is 44.4 Å². The highest BCUT2D eigenvalue weighted by Gasteiger charge is 2.13. The summed E-state index contributed by atoms with van der Waals surface area (Å²) >= 11 is 1.63. The van der Waals surface area contributed by atoms with Crippen LogP contribution in [-0.4, -0.2) is 17.6 Å². The Morgan fingerprint density at radius 2 is 2.14 bits per heavy atom. The van der Waals surface area contributed by atoms with E-state index < -0.39 is 0 Å². The zero-order valence-electron chi connectivity index (χ0n) is 12.8. The van der Waals surface area contributed by atoms with Gasteiger partial charge in [0.05, 0.1) is 17.3 Å². The summed E-state index contributed by atoms with van der Waals surface area (Å²) in [6.45, 7) is 6.99. The second-order valence-corrected chi connectivity index (χ2v) is 6.07. The van der Waals surface area contributed by atoms with Crippen molar-refractivity contribution in [2.45, 2.75) is 39.8 Å². The molecule has 0 saturated heterocycles. The van der Waals surface area contributed by atoms with Crippen LogP contribution in [0.2, 0.25) is 0 Å². The van der Waals surface area contributed by atoms with Crippen molar-refractivity contribution in [3.8, 4) is 11.5 Å². The van der Waals surface area contributed by atoms with Gasteiger partial charge in [-0.25, -0.2) is 4.98 Å². The number of ether oxygens (including phenoxy) is 2. The SMILES string of the molecule is CCOc1cccc(CC(C)N)c1OCc1csc(C)n1. The van der Waals surface area contributed by atoms with Crippen molar-refractivity contribution in [3.05, 3.63) is 39.8 Å². The van der Waals surface area contributed by atoms with Crippen LogP contribution >= 0.6 is 11.3 Å². The Morgan fingerprint density at radius 3 is 2.76 bits per heavy atom. The zero-order valence-corrected chi connectivity index (χ0v) is 13.6. The Balaban J connectivity index is 2.20. The summed E-state index contributed by atoms with van der Waals surface area (Å²) in [5.41, 5.74) is 7.93. The van der Waals surface area contributed by atoms with Gasteiger partial charge in [0, 0.05) is 11.4 Å². The van der Waals surface area contributed by atoms with Crippen molar-refractivity contribution >= 4 is 11.3 Å². The first-order chi connectivity index (χ1) is 10.1. The summed E-state index contributed by atoms with van der Waals surface area (Å²) in [4.78, 5) is 4.42. The molecular formula is C16H22N2O2S. The molecule has 2 aromatic rings. The first kappa shape index (κ1) is 15.8. The Morgan fingerprint density at radius 1 is 1.33 bits per heavy atom. The van der Waals surface area contributed by atoms with Gasteiger partial charge in [0.2, 0.25) is 0 Å². The molecule has 0 aliphatic carbocycles. The fourth-order valence-corrected chi connectivity index (χ4v) is 2.72. The summed E-state index contributed by atoms with van der Waals surface area (Å²) in [6, 6.07) is 6.01. The maximum Gasteiger partial charge on any atom is 0.165 e. The number of hydrogen-bond donors (Lipinski definition) is 1. The lowest BCUT2D eigenvalue weighted by molar-refractivity contribution is 0.264. The Hall–Kier alpha value is -1.59. The third kappa shape index (κ3) is 4.44. The molecule has 1 heterocycles. The highest BCUT2D eigenvalue weighted by molar-refractivity contribution is 7.09. The minimum absolute atomic E-state index is 0.0748. The van der Waals surface area contributed by atoms with Crippen molar-refractivity contribution in [1.82, 2.24) is 4.98 Å². The van der Waals surface area contributed by atoms with E-state index in [-0.39, 0.29) is 6.04 Å². The lowest BCUT2D eigenvalue weighted by Crippen LogP contribution is -2.18. The summed E-state index contributed by atoms with van der Waals surface area (Å²) in [7, 11) is 0. The number of nitrogens with two attached hydrogens (primary N) is 1. The van der Waals surface area contributed by atoms with Crippen LogP contribution in [0.5, 0.6) is 11.5 Å². The summed E-state index contributed by atoms with van der Waals surface area (Å²) in [6.07, 6.45) is 0.756. The van der Waals surface area contributed by atoms with Gasteiger partial charge in [0.25, 0.3) is 0 Å². The number of benzene rings is 1. The molecule has 1 atom stereocenters. The standard InChI is InChI=1S/C16H22N2O2S/c1-4-19-15-7-5-6-13(8-11(2)17)16(15)20-9-14-10-21-12(3)18-14/h5-7,10-11H,4,8-9,17H2,1-3H3. The number of hydrogen-bond acceptors (Lipinski definition) is 5. The molecular weight excluding hydrogens is 284 g/mol. The maximum absolute atomic E-state index is 5.98. The summed E-state index contributed by atoms with van der Waals surface area (Å²) in [5, 5.41) is 3.06. The number of para-hydroxylation sites is 1. The van der Waals surface area contributed by atoms with Gasteiger partial charge in [-0.3, -0.25) is 0 Å². The van der Waals surface area contributed by atoms with Gasteiger partial charge in [-0.1, -0.05) is 12.1 Å². The molecule has 5 heteroatoms. The molecule has 0 radical (unpaired) electrons. The van der Waals surface area contributed by atoms with Crippen LogP contribution in [0.25, 0.3) is 0 Å². The molecule has 4 nitrogen and oxygen atoms in total. The lowest BCUT2D eigenvalue weighted by Gasteiger charge is -2.16. The van der Waals surface area contributed by atoms with E-state index in [9.17, 15) is 0 Å². The van der Waals surface area contributed by atoms with Gasteiger partial charge in [0.1, 0.15) is 6.61 Å². The second kappa shape index (κ2) is 7.43. The minimum Gasteiger partial charge on any atom is -0.490 e. The molecule has 1 aromatic carbocycles. The first-order valence-electron chi connectivity index (χ1n) is 7.14. The van der Waals surface area contributed by atoms with Crippen LogP contribution in [0.1, 0.15) is 30.1 Å². The van der Waals surface area contributed by atoms with E-state index >= 15 is 0 Å². The lowest BCUT2D eigenvalue weighted by atomic mass is 10.1. The third-order valence-corrected chi connectivity index (χ3v) is 3.76. The normalized spacial score (nSPS) is 12.2. The molecule has 2 N–H and O–H groups in total. The molecule has 0 bridgehead atoms. The van der Waals surface area contributed by atoms with Gasteiger partial charge in [-0.15, -0.1) is 11.3 Å². The Bertz CT molecular complexity index is 581. The van der Waals surface area contributed by atoms with Crippen LogP contribution < -0.4 is 15.2 Å². The van der Waals surface area contributed by atoms with Gasteiger partial charge in [0.15, 0.2) is 11.5 Å². The average Bonchev–Trinajstić information content (AvgIpc) is 2.83. The Labute approximate surface area is 129 Å². The van der Waals surface area contributed by atoms with E-state index in [1.54, 1.807) is 11.3 Å². The Kier molecular flexibility index (Phi) is 5.59. The molecule has 21 heavy (non-hydrogen) atoms. The summed E-state index contributed by atoms with van der Waals surface area (Å²) in [5.74, 6) is 1.55. The average molecular weight is 306 g/mol. The zero-order chi connectivity index (χ0) is 15.2. The predicted molar refractivity (Wildman–Crippen MR) is 86.1 cm³/mol. The fourth-order valence-electron chi connectivity index (χ4n) is 2.12. The third-order valence-electron chi connectivity index (χ3n) is 2.93. The molecule has 0 fully saturated rings. The smallest absolute Gasteiger partial charge is 0.165 e. The second-order valence-electron chi connectivity index (χ2n) is 5.01. The molecule has 2 rings (SSSR count). The number of aromatic nitrogens is 1. The molecule has 0 aliphatic heterocycles. The van der Waals surface area contributed by atoms with Gasteiger partial charge in [-0.05, 0) is 38.8 Å². The molecule has 0 spiro atoms. The number of thiazole rings is 1. The van der Waals surface area contributed by atoms with Crippen LogP contribution in [0.4, 0.5) is 0 Å². The maximum atomic E-state index is 5.98. The van der Waals surface area contributed by atoms with Crippen molar-refractivity contribution in [2.75, 3.05) is 6.61 Å². The highest BCUT2D eigenvalue weighted by atomic mass is 32.1. The minimum atomic E-state index is 0.0748. The number of rotatable bonds is 7. The van der Waals surface area contributed by atoms with Crippen LogP contribution in [0.3, 0.4) is 0 Å². The van der Waals surface area contributed by atoms with Gasteiger partial charge in [-0.2, -0.15) is 0 Å². The quantitative estimate of drug-likeness (QED) is 0.852. The molecule has 0 aliphatic rings. The largest absolute Gasteiger partial charge is 0.490 e. The summed E-state index contributed by atoms with van der Waals surface area (Å²) < 4.78 is 11.7. The van der Waals surface area contributed by atoms with Crippen molar-refractivity contribution < 1.29 is 9.47 Å². The number of aryl methyl sites for hydroxylation is 1. The molecule has 114 valence electrons. The van der Waals surface area contributed by atoms with E-state index in [0.29, 0.717) is 13.2 Å². The van der Waals surface area contributed by atoms with E-state index in [4.69, 9.17) is 15.2 Å². The van der Waals surface area contributed by atoms with Gasteiger partial charge >= 0.3 is 0 Å². The molecule has 0 saturated carbocycles. The van der Waals surface area contributed by atoms with Crippen LogP contribution in [-0.2, 0) is 13.0 Å². The van der Waals surface area contributed by atoms with Gasteiger partial charge < -0.3 is 15.2 Å². The topological polar surface area (TPSA) is 57.4 Å². The van der Waals surface area contributed by atoms with Crippen LogP contribution in [0, 0.1) is 6.92 Å². The highest BCUT2D eigenvalue weighted by Crippen LogP contribution is 2.33. The molecule has 1 unspecified atom stereocenters. The predicted octanol–water partition coefficient (Wildman–Crippen LogP) is 3.32. The molecule has 0 amide bonds. The van der Waals surface area contributed by atoms with E-state index in [2.05, 4.69) is 4.98 Å². The van der Waals surface area contributed by atoms with Crippen molar-refractivity contribution in [1.29, 1.82) is 0 Å². The molecule has 1 aromatic heterocycles. The van der Waals surface area contributed by atoms with Crippen LogP contribution in [0.15, 0.2) is 23.6 Å². The van der Waals surface area contributed by atoms with Crippen molar-refractivity contribution in [3.63, 3.8) is 0 Å². The fraction of sp³-hybridized carbons (Fsp3) is 0.438. The van der Waals surface area contributed by atoms with E-state index in [0.717, 1.165) is 34.2 Å². The van der Waals surface area contributed by atoms with E-state index in [1.165, 1.54) is 0 Å². The number of nitrogens with zero attached hydrogens (tertiary/aromatic N) is 1. The van der Waals surface area contributed by atoms with Crippen molar-refractivity contribution in [2.24, 2.45) is 5.73 Å². The monoisotopic (exact) mass is 306 g/mol.